The fourth-order valence-corrected chi connectivity index (χ4v) is 6.31. The highest BCUT2D eigenvalue weighted by molar-refractivity contribution is 6.31. The summed E-state index contributed by atoms with van der Waals surface area (Å²) in [6.07, 6.45) is -2.93. The summed E-state index contributed by atoms with van der Waals surface area (Å²) in [5, 5.41) is 15.8. The van der Waals surface area contributed by atoms with E-state index in [0.717, 1.165) is 0 Å². The number of primary amides is 1. The van der Waals surface area contributed by atoms with Crippen LogP contribution in [0.5, 0.6) is 23.0 Å². The maximum atomic E-state index is 16.7. The van der Waals surface area contributed by atoms with Gasteiger partial charge in [0.2, 0.25) is 5.91 Å². The highest BCUT2D eigenvalue weighted by Gasteiger charge is 2.53. The maximum absolute atomic E-state index is 16.7. The second-order valence-electron chi connectivity index (χ2n) is 12.3. The van der Waals surface area contributed by atoms with Gasteiger partial charge in [0.05, 0.1) is 29.9 Å². The fourth-order valence-electron chi connectivity index (χ4n) is 6.15. The van der Waals surface area contributed by atoms with Crippen LogP contribution in [0.25, 0.3) is 22.2 Å². The Kier molecular flexibility index (Phi) is 7.18. The number of pyridine rings is 2. The molecule has 2 aromatic heterocycles. The van der Waals surface area contributed by atoms with Gasteiger partial charge in [-0.25, -0.2) is 14.4 Å². The van der Waals surface area contributed by atoms with Crippen molar-refractivity contribution in [2.45, 2.75) is 44.0 Å². The van der Waals surface area contributed by atoms with Gasteiger partial charge in [-0.3, -0.25) is 9.59 Å². The van der Waals surface area contributed by atoms with Crippen molar-refractivity contribution in [2.75, 3.05) is 20.3 Å². The molecule has 250 valence electrons. The number of nitrogens with zero attached hydrogens (tertiary/aromatic N) is 2. The Bertz CT molecular complexity index is 2060. The molecule has 1 unspecified atom stereocenters. The summed E-state index contributed by atoms with van der Waals surface area (Å²) in [7, 11) is 1.43. The van der Waals surface area contributed by atoms with Crippen LogP contribution in [0.4, 0.5) is 13.2 Å². The topological polar surface area (TPSA) is 155 Å². The van der Waals surface area contributed by atoms with E-state index >= 15 is 4.39 Å². The second kappa shape index (κ2) is 10.9. The zero-order valence-electron chi connectivity index (χ0n) is 25.8. The minimum absolute atomic E-state index is 0.0580. The van der Waals surface area contributed by atoms with E-state index in [1.807, 2.05) is 0 Å². The average molecular weight is 685 g/mol. The van der Waals surface area contributed by atoms with Gasteiger partial charge in [-0.05, 0) is 69.0 Å². The van der Waals surface area contributed by atoms with E-state index in [-0.39, 0.29) is 46.2 Å². The third-order valence-corrected chi connectivity index (χ3v) is 9.43. The largest absolute Gasteiger partial charge is 0.586 e. The number of carbonyl (C=O) groups is 2. The van der Waals surface area contributed by atoms with Crippen LogP contribution in [-0.4, -0.2) is 53.4 Å². The Hall–Kier alpha value is -4.82. The maximum Gasteiger partial charge on any atom is 0.586 e. The number of nitrogens with one attached hydrogen (secondary N) is 1. The monoisotopic (exact) mass is 684 g/mol. The number of benzene rings is 2. The van der Waals surface area contributed by atoms with Gasteiger partial charge < -0.3 is 35.1 Å². The number of halogens is 4. The first-order valence-corrected chi connectivity index (χ1v) is 15.3. The Morgan fingerprint density at radius 3 is 2.58 bits per heavy atom. The molecule has 4 aromatic rings. The van der Waals surface area contributed by atoms with E-state index in [9.17, 15) is 23.5 Å². The lowest BCUT2D eigenvalue weighted by Crippen LogP contribution is -2.45. The average Bonchev–Trinajstić information content (AvgIpc) is 3.77. The standard InChI is InChI=1S/C33H28ClF3N4O7/c1-14-19(34)9-16-8-17(11-22(45-3)25(16)40-14)29(42)39-12-32(44,18-5-6-18)28-24(35)23-27(46-13-31(23,2)30(38)43)26(41-28)15-4-7-20-21(10-15)48-33(36,37)47-20/h4,7-11,18,44H,5-6,12-13H2,1-3H3,(H2,38,43)(H,39,42)/t31-,32?/m1/s1. The van der Waals surface area contributed by atoms with Gasteiger partial charge in [-0.1, -0.05) is 11.6 Å². The van der Waals surface area contributed by atoms with E-state index in [1.165, 1.54) is 38.3 Å². The number of hydrogen-bond donors (Lipinski definition) is 3. The Balaban J connectivity index is 1.31. The van der Waals surface area contributed by atoms with Crippen LogP contribution in [0.3, 0.4) is 0 Å². The number of aliphatic hydroxyl groups is 1. The summed E-state index contributed by atoms with van der Waals surface area (Å²) in [6, 6.07) is 8.51. The number of nitrogens with two attached hydrogens (primary N) is 1. The number of ether oxygens (including phenoxy) is 4. The summed E-state index contributed by atoms with van der Waals surface area (Å²) < 4.78 is 64.7. The van der Waals surface area contributed by atoms with E-state index < -0.39 is 53.1 Å². The molecule has 2 aromatic carbocycles. The molecular weight excluding hydrogens is 657 g/mol. The zero-order chi connectivity index (χ0) is 34.3. The molecular formula is C33H28ClF3N4O7. The summed E-state index contributed by atoms with van der Waals surface area (Å²) in [5.41, 5.74) is 2.58. The van der Waals surface area contributed by atoms with Crippen LogP contribution in [0.1, 0.15) is 47.1 Å². The number of methoxy groups -OCH3 is 1. The van der Waals surface area contributed by atoms with Crippen LogP contribution in [0, 0.1) is 18.7 Å². The predicted octanol–water partition coefficient (Wildman–Crippen LogP) is 4.89. The van der Waals surface area contributed by atoms with Gasteiger partial charge in [-0.15, -0.1) is 8.78 Å². The number of fused-ring (bicyclic) bond motifs is 3. The second-order valence-corrected chi connectivity index (χ2v) is 12.7. The number of amides is 2. The lowest BCUT2D eigenvalue weighted by atomic mass is 9.80. The summed E-state index contributed by atoms with van der Waals surface area (Å²) in [4.78, 5) is 35.1. The molecule has 4 N–H and O–H groups in total. The minimum atomic E-state index is -3.90. The van der Waals surface area contributed by atoms with Gasteiger partial charge in [0.25, 0.3) is 5.91 Å². The van der Waals surface area contributed by atoms with E-state index in [2.05, 4.69) is 24.8 Å². The molecule has 2 aliphatic heterocycles. The number of hydrogen-bond acceptors (Lipinski definition) is 9. The normalized spacial score (nSPS) is 20.2. The Morgan fingerprint density at radius 2 is 1.90 bits per heavy atom. The smallest absolute Gasteiger partial charge is 0.494 e. The van der Waals surface area contributed by atoms with Crippen molar-refractivity contribution in [2.24, 2.45) is 11.7 Å². The molecule has 2 amide bonds. The molecule has 1 fully saturated rings. The van der Waals surface area contributed by atoms with Crippen LogP contribution < -0.4 is 30.0 Å². The molecule has 3 aliphatic rings. The molecule has 0 spiro atoms. The van der Waals surface area contributed by atoms with Crippen molar-refractivity contribution in [3.05, 3.63) is 69.8 Å². The van der Waals surface area contributed by atoms with Crippen molar-refractivity contribution in [3.8, 4) is 34.3 Å². The molecule has 0 saturated heterocycles. The van der Waals surface area contributed by atoms with Gasteiger partial charge in [0.15, 0.2) is 23.1 Å². The van der Waals surface area contributed by atoms with Gasteiger partial charge in [0, 0.05) is 16.5 Å². The van der Waals surface area contributed by atoms with Crippen molar-refractivity contribution in [1.29, 1.82) is 0 Å². The molecule has 15 heteroatoms. The van der Waals surface area contributed by atoms with E-state index in [1.54, 1.807) is 19.1 Å². The third-order valence-electron chi connectivity index (χ3n) is 9.04. The van der Waals surface area contributed by atoms with Crippen LogP contribution in [0.15, 0.2) is 36.4 Å². The first kappa shape index (κ1) is 31.8. The fraction of sp³-hybridized carbons (Fsp3) is 0.333. The van der Waals surface area contributed by atoms with Gasteiger partial charge in [0.1, 0.15) is 40.3 Å². The van der Waals surface area contributed by atoms with Gasteiger partial charge >= 0.3 is 6.29 Å². The Labute approximate surface area is 276 Å². The first-order chi connectivity index (χ1) is 22.6. The first-order valence-electron chi connectivity index (χ1n) is 14.9. The predicted molar refractivity (Wildman–Crippen MR) is 165 cm³/mol. The molecule has 1 aliphatic carbocycles. The van der Waals surface area contributed by atoms with Crippen LogP contribution in [-0.2, 0) is 15.8 Å². The highest BCUT2D eigenvalue weighted by atomic mass is 35.5. The molecule has 1 saturated carbocycles. The molecule has 11 nitrogen and oxygen atoms in total. The quantitative estimate of drug-likeness (QED) is 0.235. The SMILES string of the molecule is COc1cc(C(=O)NCC(O)(c2nc(-c3ccc4c(c3)OC(F)(F)O4)c3c(c2F)[C@](C)(C(N)=O)CO3)C2CC2)cc2cc(Cl)c(C)nc12. The number of rotatable bonds is 8. The molecule has 0 radical (unpaired) electrons. The van der Waals surface area contributed by atoms with Crippen molar-refractivity contribution in [1.82, 2.24) is 15.3 Å². The van der Waals surface area contributed by atoms with E-state index in [4.69, 9.17) is 26.8 Å². The summed E-state index contributed by atoms with van der Waals surface area (Å²) >= 11 is 6.27. The lowest BCUT2D eigenvalue weighted by molar-refractivity contribution is -0.286. The van der Waals surface area contributed by atoms with Crippen molar-refractivity contribution >= 4 is 34.3 Å². The summed E-state index contributed by atoms with van der Waals surface area (Å²) in [6.45, 7) is 2.32. The van der Waals surface area contributed by atoms with Crippen molar-refractivity contribution in [3.63, 3.8) is 0 Å². The number of alkyl halides is 2. The molecule has 7 rings (SSSR count). The lowest BCUT2D eigenvalue weighted by Gasteiger charge is -2.30. The van der Waals surface area contributed by atoms with Gasteiger partial charge in [-0.2, -0.15) is 0 Å². The van der Waals surface area contributed by atoms with E-state index in [0.29, 0.717) is 40.2 Å². The van der Waals surface area contributed by atoms with Crippen molar-refractivity contribution < 1.29 is 46.8 Å². The van der Waals surface area contributed by atoms with Crippen LogP contribution in [0.2, 0.25) is 5.02 Å². The highest BCUT2D eigenvalue weighted by Crippen LogP contribution is 2.52. The number of aromatic nitrogens is 2. The minimum Gasteiger partial charge on any atom is -0.494 e. The van der Waals surface area contributed by atoms with Crippen LogP contribution >= 0.6 is 11.6 Å². The molecule has 4 heterocycles. The third kappa shape index (κ3) is 5.01. The molecule has 0 bridgehead atoms. The molecule has 2 atom stereocenters. The summed E-state index contributed by atoms with van der Waals surface area (Å²) in [5.74, 6) is -3.44. The Morgan fingerprint density at radius 1 is 1.17 bits per heavy atom. The zero-order valence-corrected chi connectivity index (χ0v) is 26.5. The molecule has 48 heavy (non-hydrogen) atoms. The number of aryl methyl sites for hydroxylation is 1. The number of carbonyl (C=O) groups excluding carboxylic acids is 2.